The quantitative estimate of drug-likeness (QED) is 0.563. The van der Waals surface area contributed by atoms with Gasteiger partial charge in [-0.25, -0.2) is 9.59 Å². The minimum absolute atomic E-state index is 0.123. The van der Waals surface area contributed by atoms with E-state index in [4.69, 9.17) is 9.47 Å². The Labute approximate surface area is 200 Å². The molecule has 0 aromatic carbocycles. The van der Waals surface area contributed by atoms with Crippen LogP contribution >= 0.6 is 22.7 Å². The van der Waals surface area contributed by atoms with Crippen LogP contribution in [0.1, 0.15) is 78.3 Å². The van der Waals surface area contributed by atoms with Gasteiger partial charge in [-0.15, -0.1) is 22.7 Å². The van der Waals surface area contributed by atoms with Gasteiger partial charge in [0, 0.05) is 11.9 Å². The highest BCUT2D eigenvalue weighted by atomic mass is 32.1. The third-order valence-electron chi connectivity index (χ3n) is 5.34. The topological polar surface area (TPSA) is 111 Å². The van der Waals surface area contributed by atoms with Crippen molar-refractivity contribution in [2.75, 3.05) is 25.6 Å². The Morgan fingerprint density at radius 3 is 2.42 bits per heavy atom. The van der Waals surface area contributed by atoms with Crippen LogP contribution in [0.3, 0.4) is 0 Å². The zero-order valence-electron chi connectivity index (χ0n) is 19.0. The number of carbonyl (C=O) groups is 4. The average molecular weight is 493 g/mol. The molecule has 178 valence electrons. The summed E-state index contributed by atoms with van der Waals surface area (Å²) < 4.78 is 10.3. The maximum Gasteiger partial charge on any atom is 0.348 e. The summed E-state index contributed by atoms with van der Waals surface area (Å²) in [5.74, 6) is -2.15. The lowest BCUT2D eigenvalue weighted by atomic mass is 10.00. The molecule has 0 radical (unpaired) electrons. The molecule has 0 bridgehead atoms. The van der Waals surface area contributed by atoms with Crippen molar-refractivity contribution in [2.45, 2.75) is 52.4 Å². The summed E-state index contributed by atoms with van der Waals surface area (Å²) in [6.45, 7) is 2.93. The fourth-order valence-corrected chi connectivity index (χ4v) is 6.00. The molecule has 0 saturated heterocycles. The molecule has 10 heteroatoms. The van der Waals surface area contributed by atoms with Crippen LogP contribution in [-0.4, -0.2) is 44.0 Å². The lowest BCUT2D eigenvalue weighted by molar-refractivity contribution is -0.119. The van der Waals surface area contributed by atoms with Gasteiger partial charge in [-0.2, -0.15) is 0 Å². The summed E-state index contributed by atoms with van der Waals surface area (Å²) in [5.41, 5.74) is 1.74. The van der Waals surface area contributed by atoms with Crippen molar-refractivity contribution in [1.82, 2.24) is 5.32 Å². The summed E-state index contributed by atoms with van der Waals surface area (Å²) in [6, 6.07) is 1.88. The first-order valence-electron chi connectivity index (χ1n) is 11.0. The van der Waals surface area contributed by atoms with Crippen LogP contribution in [0.15, 0.2) is 6.07 Å². The number of nitrogens with one attached hydrogen (secondary N) is 2. The molecule has 2 aromatic heterocycles. The number of ether oxygens (including phenoxy) is 2. The Balaban J connectivity index is 1.68. The maximum atomic E-state index is 12.5. The molecule has 0 spiro atoms. The van der Waals surface area contributed by atoms with Gasteiger partial charge in [-0.05, 0) is 56.7 Å². The van der Waals surface area contributed by atoms with E-state index in [9.17, 15) is 19.2 Å². The molecule has 0 fully saturated rings. The van der Waals surface area contributed by atoms with Gasteiger partial charge in [-0.1, -0.05) is 12.8 Å². The number of anilines is 1. The van der Waals surface area contributed by atoms with Gasteiger partial charge in [-0.3, -0.25) is 9.59 Å². The number of fused-ring (bicyclic) bond motifs is 1. The Bertz CT molecular complexity index is 1030. The number of rotatable bonds is 7. The molecule has 1 aliphatic carbocycles. The van der Waals surface area contributed by atoms with E-state index in [2.05, 4.69) is 10.6 Å². The van der Waals surface area contributed by atoms with Crippen LogP contribution in [0.5, 0.6) is 0 Å². The molecule has 2 N–H and O–H groups in total. The van der Waals surface area contributed by atoms with Crippen LogP contribution in [0.25, 0.3) is 0 Å². The highest BCUT2D eigenvalue weighted by Gasteiger charge is 2.26. The van der Waals surface area contributed by atoms with E-state index < -0.39 is 24.5 Å². The molecule has 8 nitrogen and oxygen atoms in total. The molecule has 0 unspecified atom stereocenters. The number of hydrogen-bond donors (Lipinski definition) is 2. The number of amides is 2. The Morgan fingerprint density at radius 1 is 1.00 bits per heavy atom. The summed E-state index contributed by atoms with van der Waals surface area (Å²) in [6.07, 6.45) is 6.56. The van der Waals surface area contributed by atoms with Gasteiger partial charge in [0.25, 0.3) is 11.8 Å². The molecule has 2 heterocycles. The molecule has 1 aliphatic rings. The first-order valence-corrected chi connectivity index (χ1v) is 12.6. The molecule has 2 aromatic rings. The van der Waals surface area contributed by atoms with E-state index >= 15 is 0 Å². The van der Waals surface area contributed by atoms with Crippen molar-refractivity contribution < 1.29 is 28.7 Å². The summed E-state index contributed by atoms with van der Waals surface area (Å²) in [5, 5.41) is 5.28. The normalized spacial score (nSPS) is 13.3. The third-order valence-corrected chi connectivity index (χ3v) is 7.77. The maximum absolute atomic E-state index is 12.5. The number of thiophene rings is 2. The largest absolute Gasteiger partial charge is 0.462 e. The molecule has 3 rings (SSSR count). The smallest absolute Gasteiger partial charge is 0.348 e. The van der Waals surface area contributed by atoms with Crippen molar-refractivity contribution in [3.63, 3.8) is 0 Å². The predicted molar refractivity (Wildman–Crippen MR) is 128 cm³/mol. The minimum Gasteiger partial charge on any atom is -0.462 e. The van der Waals surface area contributed by atoms with Crippen LogP contribution < -0.4 is 10.6 Å². The zero-order chi connectivity index (χ0) is 24.0. The van der Waals surface area contributed by atoms with E-state index in [1.807, 2.05) is 6.07 Å². The van der Waals surface area contributed by atoms with Crippen LogP contribution in [0.2, 0.25) is 0 Å². The van der Waals surface area contributed by atoms with E-state index in [1.165, 1.54) is 41.7 Å². The molecule has 0 aliphatic heterocycles. The molecular weight excluding hydrogens is 464 g/mol. The SMILES string of the molecule is CCOC(=O)c1c(NC(=O)COC(=O)c2cc3c(s2)CCCCCC3)sc(C(=O)NC)c1C. The number of esters is 2. The minimum atomic E-state index is -0.635. The zero-order valence-corrected chi connectivity index (χ0v) is 20.6. The highest BCUT2D eigenvalue weighted by Crippen LogP contribution is 2.34. The summed E-state index contributed by atoms with van der Waals surface area (Å²) in [7, 11) is 1.48. The van der Waals surface area contributed by atoms with Crippen molar-refractivity contribution in [3.05, 3.63) is 37.4 Å². The molecule has 0 saturated carbocycles. The second-order valence-corrected chi connectivity index (χ2v) is 9.81. The fourth-order valence-electron chi connectivity index (χ4n) is 3.69. The second-order valence-electron chi connectivity index (χ2n) is 7.66. The van der Waals surface area contributed by atoms with Crippen LogP contribution in [0, 0.1) is 6.92 Å². The van der Waals surface area contributed by atoms with E-state index in [0.29, 0.717) is 15.3 Å². The van der Waals surface area contributed by atoms with Gasteiger partial charge in [0.2, 0.25) is 0 Å². The van der Waals surface area contributed by atoms with Crippen LogP contribution in [-0.2, 0) is 27.1 Å². The first kappa shape index (κ1) is 24.9. The molecular formula is C23H28N2O6S2. The van der Waals surface area contributed by atoms with E-state index in [-0.39, 0.29) is 23.1 Å². The van der Waals surface area contributed by atoms with Crippen LogP contribution in [0.4, 0.5) is 5.00 Å². The number of carbonyl (C=O) groups excluding carboxylic acids is 4. The monoisotopic (exact) mass is 492 g/mol. The highest BCUT2D eigenvalue weighted by molar-refractivity contribution is 7.18. The molecule has 33 heavy (non-hydrogen) atoms. The standard InChI is InChI=1S/C23H28N2O6S2/c1-4-30-23(29)18-13(2)19(20(27)24-3)33-21(18)25-17(26)12-31-22(28)16-11-14-9-7-5-6-8-10-15(14)32-16/h11H,4-10,12H2,1-3H3,(H,24,27)(H,25,26). The second kappa shape index (κ2) is 11.4. The number of aryl methyl sites for hydroxylation is 2. The number of hydrogen-bond acceptors (Lipinski definition) is 8. The van der Waals surface area contributed by atoms with Gasteiger partial charge in [0.15, 0.2) is 6.61 Å². The Morgan fingerprint density at radius 2 is 1.73 bits per heavy atom. The van der Waals surface area contributed by atoms with Gasteiger partial charge in [0.05, 0.1) is 17.0 Å². The third kappa shape index (κ3) is 6.00. The Hall–Kier alpha value is -2.72. The average Bonchev–Trinajstić information content (AvgIpc) is 3.31. The van der Waals surface area contributed by atoms with Crippen molar-refractivity contribution >= 4 is 51.4 Å². The summed E-state index contributed by atoms with van der Waals surface area (Å²) >= 11 is 2.41. The van der Waals surface area contributed by atoms with E-state index in [1.54, 1.807) is 13.8 Å². The first-order chi connectivity index (χ1) is 15.8. The van der Waals surface area contributed by atoms with Gasteiger partial charge in [0.1, 0.15) is 9.88 Å². The Kier molecular flexibility index (Phi) is 8.62. The van der Waals surface area contributed by atoms with Crippen molar-refractivity contribution in [1.29, 1.82) is 0 Å². The molecule has 0 atom stereocenters. The van der Waals surface area contributed by atoms with Crippen molar-refractivity contribution in [2.24, 2.45) is 0 Å². The summed E-state index contributed by atoms with van der Waals surface area (Å²) in [4.78, 5) is 51.6. The fraction of sp³-hybridized carbons (Fsp3) is 0.478. The lowest BCUT2D eigenvalue weighted by Gasteiger charge is -2.07. The van der Waals surface area contributed by atoms with Gasteiger partial charge < -0.3 is 20.1 Å². The lowest BCUT2D eigenvalue weighted by Crippen LogP contribution is -2.21. The molecule has 2 amide bonds. The van der Waals surface area contributed by atoms with E-state index in [0.717, 1.165) is 37.0 Å². The van der Waals surface area contributed by atoms with Gasteiger partial charge >= 0.3 is 11.9 Å². The predicted octanol–water partition coefficient (Wildman–Crippen LogP) is 4.11. The van der Waals surface area contributed by atoms with Crippen molar-refractivity contribution in [3.8, 4) is 0 Å².